The van der Waals surface area contributed by atoms with E-state index in [0.29, 0.717) is 15.6 Å². The van der Waals surface area contributed by atoms with Crippen LogP contribution in [0.2, 0.25) is 10.0 Å². The molecular formula is C16H14BrCl2NO. The minimum Gasteiger partial charge on any atom is -0.345 e. The average molecular weight is 387 g/mol. The van der Waals surface area contributed by atoms with Gasteiger partial charge in [-0.15, -0.1) is 0 Å². The highest BCUT2D eigenvalue weighted by atomic mass is 79.9. The zero-order valence-corrected chi connectivity index (χ0v) is 14.5. The molecule has 2 nitrogen and oxygen atoms in total. The van der Waals surface area contributed by atoms with Gasteiger partial charge in [-0.3, -0.25) is 4.79 Å². The minimum absolute atomic E-state index is 0.130. The summed E-state index contributed by atoms with van der Waals surface area (Å²) in [6, 6.07) is 12.5. The zero-order chi connectivity index (χ0) is 15.4. The summed E-state index contributed by atoms with van der Waals surface area (Å²) in [5, 5.41) is 4.82. The molecule has 1 N–H and O–H groups in total. The number of alkyl halides is 1. The third-order valence-corrected chi connectivity index (χ3v) is 4.36. The highest BCUT2D eigenvalue weighted by Gasteiger charge is 2.14. The molecule has 0 aliphatic rings. The maximum absolute atomic E-state index is 12.2. The third-order valence-electron chi connectivity index (χ3n) is 3.15. The standard InChI is InChI=1S/C16H14BrCl2NO/c1-10(14-7-6-13(18)8-15(14)19)20-16(21)12-4-2-11(9-17)3-5-12/h2-8,10H,9H2,1H3,(H,20,21). The van der Waals surface area contributed by atoms with E-state index in [9.17, 15) is 4.79 Å². The van der Waals surface area contributed by atoms with Gasteiger partial charge < -0.3 is 5.32 Å². The number of carbonyl (C=O) groups is 1. The summed E-state index contributed by atoms with van der Waals surface area (Å²) in [4.78, 5) is 12.2. The molecule has 0 aliphatic carbocycles. The first-order valence-electron chi connectivity index (χ1n) is 6.42. The van der Waals surface area contributed by atoms with E-state index in [1.165, 1.54) is 0 Å². The lowest BCUT2D eigenvalue weighted by Crippen LogP contribution is -2.26. The number of carbonyl (C=O) groups excluding carboxylic acids is 1. The van der Waals surface area contributed by atoms with Crippen LogP contribution in [0.5, 0.6) is 0 Å². The second kappa shape index (κ2) is 7.30. The van der Waals surface area contributed by atoms with Crippen LogP contribution in [0.4, 0.5) is 0 Å². The maximum atomic E-state index is 12.2. The molecule has 21 heavy (non-hydrogen) atoms. The summed E-state index contributed by atoms with van der Waals surface area (Å²) in [5.41, 5.74) is 2.59. The summed E-state index contributed by atoms with van der Waals surface area (Å²) in [7, 11) is 0. The molecule has 2 rings (SSSR count). The number of amides is 1. The molecule has 0 fully saturated rings. The molecule has 2 aromatic carbocycles. The van der Waals surface area contributed by atoms with Gasteiger partial charge in [0, 0.05) is 20.9 Å². The van der Waals surface area contributed by atoms with Gasteiger partial charge in [-0.25, -0.2) is 0 Å². The van der Waals surface area contributed by atoms with Crippen LogP contribution in [-0.4, -0.2) is 5.91 Å². The predicted molar refractivity (Wildman–Crippen MR) is 91.4 cm³/mol. The molecule has 0 saturated heterocycles. The summed E-state index contributed by atoms with van der Waals surface area (Å²) in [6.45, 7) is 1.89. The summed E-state index contributed by atoms with van der Waals surface area (Å²) >= 11 is 15.4. The average Bonchev–Trinajstić information content (AvgIpc) is 2.47. The van der Waals surface area contributed by atoms with E-state index in [2.05, 4.69) is 21.2 Å². The molecule has 1 amide bonds. The van der Waals surface area contributed by atoms with E-state index in [0.717, 1.165) is 16.5 Å². The van der Waals surface area contributed by atoms with Crippen LogP contribution in [0.3, 0.4) is 0 Å². The van der Waals surface area contributed by atoms with Gasteiger partial charge in [-0.2, -0.15) is 0 Å². The quantitative estimate of drug-likeness (QED) is 0.702. The first-order valence-corrected chi connectivity index (χ1v) is 8.29. The molecule has 0 heterocycles. The maximum Gasteiger partial charge on any atom is 0.251 e. The molecule has 0 saturated carbocycles. The Hall–Kier alpha value is -1.03. The van der Waals surface area contributed by atoms with Gasteiger partial charge in [0.15, 0.2) is 0 Å². The van der Waals surface area contributed by atoms with Crippen LogP contribution in [0.25, 0.3) is 0 Å². The number of nitrogens with one attached hydrogen (secondary N) is 1. The Bertz CT molecular complexity index is 643. The molecule has 0 radical (unpaired) electrons. The molecule has 1 atom stereocenters. The molecule has 110 valence electrons. The zero-order valence-electron chi connectivity index (χ0n) is 11.4. The van der Waals surface area contributed by atoms with Gasteiger partial charge in [0.05, 0.1) is 6.04 Å². The molecule has 0 aromatic heterocycles. The Balaban J connectivity index is 2.10. The summed E-state index contributed by atoms with van der Waals surface area (Å²) in [6.07, 6.45) is 0. The smallest absolute Gasteiger partial charge is 0.251 e. The molecular weight excluding hydrogens is 373 g/mol. The number of halogens is 3. The van der Waals surface area contributed by atoms with Crippen molar-refractivity contribution in [1.82, 2.24) is 5.32 Å². The normalized spacial score (nSPS) is 12.0. The lowest BCUT2D eigenvalue weighted by Gasteiger charge is -2.16. The van der Waals surface area contributed by atoms with Crippen molar-refractivity contribution in [2.24, 2.45) is 0 Å². The fraction of sp³-hybridized carbons (Fsp3) is 0.188. The van der Waals surface area contributed by atoms with E-state index in [-0.39, 0.29) is 11.9 Å². The van der Waals surface area contributed by atoms with Crippen molar-refractivity contribution in [2.45, 2.75) is 18.3 Å². The monoisotopic (exact) mass is 385 g/mol. The Labute approximate surface area is 142 Å². The van der Waals surface area contributed by atoms with Gasteiger partial charge in [0.1, 0.15) is 0 Å². The third kappa shape index (κ3) is 4.22. The van der Waals surface area contributed by atoms with Crippen molar-refractivity contribution in [2.75, 3.05) is 0 Å². The molecule has 5 heteroatoms. The first kappa shape index (κ1) is 16.3. The summed E-state index contributed by atoms with van der Waals surface area (Å²) in [5.74, 6) is -0.130. The van der Waals surface area contributed by atoms with Crippen molar-refractivity contribution >= 4 is 45.0 Å². The van der Waals surface area contributed by atoms with Crippen LogP contribution >= 0.6 is 39.1 Å². The Morgan fingerprint density at radius 2 is 1.86 bits per heavy atom. The number of hydrogen-bond acceptors (Lipinski definition) is 1. The lowest BCUT2D eigenvalue weighted by atomic mass is 10.1. The molecule has 2 aromatic rings. The second-order valence-electron chi connectivity index (χ2n) is 4.69. The molecule has 0 aliphatic heterocycles. The Morgan fingerprint density at radius 1 is 1.19 bits per heavy atom. The van der Waals surface area contributed by atoms with Gasteiger partial charge in [-0.1, -0.05) is 57.3 Å². The molecule has 0 spiro atoms. The van der Waals surface area contributed by atoms with Crippen LogP contribution in [0.15, 0.2) is 42.5 Å². The summed E-state index contributed by atoms with van der Waals surface area (Å²) < 4.78 is 0. The van der Waals surface area contributed by atoms with Crippen molar-refractivity contribution in [3.05, 3.63) is 69.2 Å². The van der Waals surface area contributed by atoms with Crippen molar-refractivity contribution in [1.29, 1.82) is 0 Å². The fourth-order valence-electron chi connectivity index (χ4n) is 1.96. The van der Waals surface area contributed by atoms with E-state index in [4.69, 9.17) is 23.2 Å². The number of rotatable bonds is 4. The van der Waals surface area contributed by atoms with Crippen LogP contribution in [0.1, 0.15) is 34.5 Å². The predicted octanol–water partition coefficient (Wildman–Crippen LogP) is 5.38. The van der Waals surface area contributed by atoms with Crippen LogP contribution < -0.4 is 5.32 Å². The van der Waals surface area contributed by atoms with Crippen molar-refractivity contribution in [3.8, 4) is 0 Å². The van der Waals surface area contributed by atoms with Gasteiger partial charge in [0.25, 0.3) is 5.91 Å². The van der Waals surface area contributed by atoms with E-state index >= 15 is 0 Å². The van der Waals surface area contributed by atoms with E-state index < -0.39 is 0 Å². The highest BCUT2D eigenvalue weighted by Crippen LogP contribution is 2.26. The number of hydrogen-bond donors (Lipinski definition) is 1. The van der Waals surface area contributed by atoms with E-state index in [1.54, 1.807) is 12.1 Å². The first-order chi connectivity index (χ1) is 10.0. The van der Waals surface area contributed by atoms with Crippen LogP contribution in [-0.2, 0) is 5.33 Å². The van der Waals surface area contributed by atoms with Crippen LogP contribution in [0, 0.1) is 0 Å². The number of benzene rings is 2. The SMILES string of the molecule is CC(NC(=O)c1ccc(CBr)cc1)c1ccc(Cl)cc1Cl. The minimum atomic E-state index is -0.196. The Morgan fingerprint density at radius 3 is 2.43 bits per heavy atom. The Kier molecular flexibility index (Phi) is 5.68. The van der Waals surface area contributed by atoms with Crippen molar-refractivity contribution < 1.29 is 4.79 Å². The lowest BCUT2D eigenvalue weighted by molar-refractivity contribution is 0.0940. The topological polar surface area (TPSA) is 29.1 Å². The largest absolute Gasteiger partial charge is 0.345 e. The van der Waals surface area contributed by atoms with Gasteiger partial charge in [-0.05, 0) is 42.3 Å². The second-order valence-corrected chi connectivity index (χ2v) is 6.10. The van der Waals surface area contributed by atoms with E-state index in [1.807, 2.05) is 37.3 Å². The fourth-order valence-corrected chi connectivity index (χ4v) is 2.90. The van der Waals surface area contributed by atoms with Gasteiger partial charge >= 0.3 is 0 Å². The van der Waals surface area contributed by atoms with Gasteiger partial charge in [0.2, 0.25) is 0 Å². The highest BCUT2D eigenvalue weighted by molar-refractivity contribution is 9.08. The molecule has 1 unspecified atom stereocenters. The molecule has 0 bridgehead atoms. The van der Waals surface area contributed by atoms with Crippen molar-refractivity contribution in [3.63, 3.8) is 0 Å².